The minimum Gasteiger partial charge on any atom is -0.484 e. The van der Waals surface area contributed by atoms with Crippen molar-refractivity contribution < 1.29 is 23.9 Å². The molecular formula is C20H15N4O5+. The van der Waals surface area contributed by atoms with Crippen LogP contribution in [0.15, 0.2) is 71.3 Å². The van der Waals surface area contributed by atoms with E-state index in [-0.39, 0.29) is 18.2 Å². The molecule has 0 spiro atoms. The highest BCUT2D eigenvalue weighted by atomic mass is 16.6. The van der Waals surface area contributed by atoms with E-state index in [2.05, 4.69) is 15.3 Å². The summed E-state index contributed by atoms with van der Waals surface area (Å²) in [5, 5.41) is 13.3. The number of nitro groups is 1. The maximum Gasteiger partial charge on any atom is 0.368 e. The quantitative estimate of drug-likeness (QED) is 0.398. The minimum absolute atomic E-state index is 0.0428. The SMILES string of the molecule is O=C(COc1ccc([N+](=O)[O-])cc1)Nc1ccc(-c2nc3[nH+]cccc3o2)cc1. The first-order chi connectivity index (χ1) is 14.1. The van der Waals surface area contributed by atoms with E-state index in [0.717, 1.165) is 5.56 Å². The summed E-state index contributed by atoms with van der Waals surface area (Å²) in [6, 6.07) is 16.2. The molecule has 0 radical (unpaired) electrons. The smallest absolute Gasteiger partial charge is 0.368 e. The molecule has 1 amide bonds. The van der Waals surface area contributed by atoms with Crippen LogP contribution in [0.1, 0.15) is 0 Å². The molecule has 0 atom stereocenters. The van der Waals surface area contributed by atoms with Crippen LogP contribution in [0.25, 0.3) is 22.7 Å². The van der Waals surface area contributed by atoms with E-state index < -0.39 is 4.92 Å². The molecule has 2 aromatic carbocycles. The number of nitrogens with zero attached hydrogens (tertiary/aromatic N) is 2. The second-order valence-corrected chi connectivity index (χ2v) is 6.07. The summed E-state index contributed by atoms with van der Waals surface area (Å²) < 4.78 is 11.0. The van der Waals surface area contributed by atoms with Crippen molar-refractivity contribution in [2.45, 2.75) is 0 Å². The van der Waals surface area contributed by atoms with Gasteiger partial charge in [-0.3, -0.25) is 14.9 Å². The predicted molar refractivity (Wildman–Crippen MR) is 103 cm³/mol. The minimum atomic E-state index is -0.501. The fourth-order valence-corrected chi connectivity index (χ4v) is 2.64. The number of anilines is 1. The topological polar surface area (TPSA) is 122 Å². The highest BCUT2D eigenvalue weighted by Crippen LogP contribution is 2.23. The van der Waals surface area contributed by atoms with Crippen molar-refractivity contribution >= 4 is 28.5 Å². The zero-order valence-electron chi connectivity index (χ0n) is 15.0. The van der Waals surface area contributed by atoms with E-state index in [1.807, 2.05) is 12.1 Å². The lowest BCUT2D eigenvalue weighted by Crippen LogP contribution is -2.20. The third-order valence-corrected chi connectivity index (χ3v) is 4.05. The zero-order chi connectivity index (χ0) is 20.2. The van der Waals surface area contributed by atoms with Gasteiger partial charge >= 0.3 is 11.5 Å². The third kappa shape index (κ3) is 4.19. The Hall–Kier alpha value is -4.27. The summed E-state index contributed by atoms with van der Waals surface area (Å²) in [6.07, 6.45) is 1.77. The monoisotopic (exact) mass is 391 g/mol. The number of hydrogen-bond acceptors (Lipinski definition) is 6. The molecule has 29 heavy (non-hydrogen) atoms. The Kier molecular flexibility index (Phi) is 4.85. The lowest BCUT2D eigenvalue weighted by atomic mass is 10.2. The number of carbonyl (C=O) groups is 1. The van der Waals surface area contributed by atoms with Crippen LogP contribution in [0.5, 0.6) is 5.75 Å². The van der Waals surface area contributed by atoms with Gasteiger partial charge in [0.05, 0.1) is 16.7 Å². The van der Waals surface area contributed by atoms with E-state index >= 15 is 0 Å². The Morgan fingerprint density at radius 2 is 1.90 bits per heavy atom. The van der Waals surface area contributed by atoms with Crippen LogP contribution in [-0.4, -0.2) is 22.4 Å². The van der Waals surface area contributed by atoms with Crippen LogP contribution in [0, 0.1) is 10.1 Å². The summed E-state index contributed by atoms with van der Waals surface area (Å²) in [6.45, 7) is -0.222. The molecule has 9 nitrogen and oxygen atoms in total. The second-order valence-electron chi connectivity index (χ2n) is 6.07. The van der Waals surface area contributed by atoms with E-state index in [0.29, 0.717) is 28.6 Å². The van der Waals surface area contributed by atoms with Gasteiger partial charge in [-0.15, -0.1) is 0 Å². The Labute approximate surface area is 164 Å². The number of nitrogens with one attached hydrogen (secondary N) is 2. The first-order valence-electron chi connectivity index (χ1n) is 8.63. The highest BCUT2D eigenvalue weighted by molar-refractivity contribution is 5.92. The number of non-ortho nitro benzene ring substituents is 1. The summed E-state index contributed by atoms with van der Waals surface area (Å²) in [5.41, 5.74) is 2.63. The molecule has 0 bridgehead atoms. The largest absolute Gasteiger partial charge is 0.484 e. The average molecular weight is 391 g/mol. The normalized spacial score (nSPS) is 10.6. The van der Waals surface area contributed by atoms with Crippen molar-refractivity contribution in [1.82, 2.24) is 4.98 Å². The molecule has 0 aliphatic rings. The Morgan fingerprint density at radius 1 is 1.14 bits per heavy atom. The van der Waals surface area contributed by atoms with Gasteiger partial charge in [-0.2, -0.15) is 0 Å². The van der Waals surface area contributed by atoms with Gasteiger partial charge in [0.25, 0.3) is 11.6 Å². The van der Waals surface area contributed by atoms with E-state index in [9.17, 15) is 14.9 Å². The van der Waals surface area contributed by atoms with Crippen LogP contribution in [-0.2, 0) is 4.79 Å². The molecule has 144 valence electrons. The van der Waals surface area contributed by atoms with Crippen LogP contribution < -0.4 is 15.0 Å². The van der Waals surface area contributed by atoms with Gasteiger partial charge < -0.3 is 14.5 Å². The van der Waals surface area contributed by atoms with E-state index in [4.69, 9.17) is 9.15 Å². The van der Waals surface area contributed by atoms with Gasteiger partial charge in [-0.1, -0.05) is 0 Å². The molecule has 2 heterocycles. The van der Waals surface area contributed by atoms with Crippen LogP contribution in [0.2, 0.25) is 0 Å². The molecule has 2 N–H and O–H groups in total. The number of ether oxygens (including phenoxy) is 1. The summed E-state index contributed by atoms with van der Waals surface area (Å²) >= 11 is 0. The van der Waals surface area contributed by atoms with Crippen molar-refractivity contribution in [3.05, 3.63) is 77.0 Å². The molecule has 4 rings (SSSR count). The number of aromatic nitrogens is 2. The number of aromatic amines is 1. The molecular weight excluding hydrogens is 376 g/mol. The van der Waals surface area contributed by atoms with Gasteiger partial charge in [-0.25, -0.2) is 4.98 Å². The fraction of sp³-hybridized carbons (Fsp3) is 0.0500. The number of pyridine rings is 1. The maximum atomic E-state index is 12.1. The van der Waals surface area contributed by atoms with Crippen molar-refractivity contribution in [3.63, 3.8) is 0 Å². The number of fused-ring (bicyclic) bond motifs is 1. The molecule has 0 aliphatic carbocycles. The Morgan fingerprint density at radius 3 is 2.59 bits per heavy atom. The van der Waals surface area contributed by atoms with Crippen molar-refractivity contribution in [3.8, 4) is 17.2 Å². The molecule has 0 aliphatic heterocycles. The predicted octanol–water partition coefficient (Wildman–Crippen LogP) is 3.23. The third-order valence-electron chi connectivity index (χ3n) is 4.05. The summed E-state index contributed by atoms with van der Waals surface area (Å²) in [4.78, 5) is 29.6. The van der Waals surface area contributed by atoms with Gasteiger partial charge in [-0.05, 0) is 48.5 Å². The maximum absolute atomic E-state index is 12.1. The lowest BCUT2D eigenvalue weighted by molar-refractivity contribution is -0.384. The number of carbonyl (C=O) groups excluding carboxylic acids is 1. The molecule has 2 aromatic heterocycles. The van der Waals surface area contributed by atoms with Gasteiger partial charge in [0.1, 0.15) is 5.75 Å². The number of hydrogen-bond donors (Lipinski definition) is 1. The Bertz CT molecular complexity index is 1140. The average Bonchev–Trinajstić information content (AvgIpc) is 3.17. The summed E-state index contributed by atoms with van der Waals surface area (Å²) in [5.74, 6) is 0.489. The van der Waals surface area contributed by atoms with Crippen LogP contribution in [0.3, 0.4) is 0 Å². The van der Waals surface area contributed by atoms with Crippen LogP contribution in [0.4, 0.5) is 11.4 Å². The zero-order valence-corrected chi connectivity index (χ0v) is 15.0. The van der Waals surface area contributed by atoms with Crippen molar-refractivity contribution in [1.29, 1.82) is 0 Å². The van der Waals surface area contributed by atoms with E-state index in [1.54, 1.807) is 30.5 Å². The standard InChI is InChI=1S/C20H14N4O5/c25-18(12-28-16-9-7-15(8-10-16)24(26)27)22-14-5-3-13(4-6-14)20-23-19-17(29-20)2-1-11-21-19/h1-11H,12H2,(H,22,25)/p+1. The number of benzene rings is 2. The number of nitro benzene ring substituents is 1. The molecule has 9 heteroatoms. The molecule has 4 aromatic rings. The highest BCUT2D eigenvalue weighted by Gasteiger charge is 2.16. The van der Waals surface area contributed by atoms with Gasteiger partial charge in [0.2, 0.25) is 5.58 Å². The van der Waals surface area contributed by atoms with E-state index in [1.165, 1.54) is 24.3 Å². The fourth-order valence-electron chi connectivity index (χ4n) is 2.64. The summed E-state index contributed by atoms with van der Waals surface area (Å²) in [7, 11) is 0. The molecule has 0 fully saturated rings. The lowest BCUT2D eigenvalue weighted by Gasteiger charge is -2.07. The van der Waals surface area contributed by atoms with Crippen molar-refractivity contribution in [2.24, 2.45) is 0 Å². The molecule has 0 unspecified atom stereocenters. The molecule has 0 saturated heterocycles. The number of H-pyrrole nitrogens is 1. The first-order valence-corrected chi connectivity index (χ1v) is 8.63. The van der Waals surface area contributed by atoms with Gasteiger partial charge in [0, 0.05) is 22.8 Å². The van der Waals surface area contributed by atoms with Gasteiger partial charge in [0.15, 0.2) is 6.61 Å². The van der Waals surface area contributed by atoms with Crippen molar-refractivity contribution in [2.75, 3.05) is 11.9 Å². The van der Waals surface area contributed by atoms with Crippen LogP contribution >= 0.6 is 0 Å². The second kappa shape index (κ2) is 7.77. The number of oxazole rings is 1. The number of rotatable bonds is 6. The number of amides is 1. The Balaban J connectivity index is 1.35. The first kappa shape index (κ1) is 18.1. The molecule has 0 saturated carbocycles.